The molecule has 0 radical (unpaired) electrons. The van der Waals surface area contributed by atoms with Gasteiger partial charge in [-0.1, -0.05) is 30.3 Å². The van der Waals surface area contributed by atoms with Crippen molar-refractivity contribution in [2.75, 3.05) is 13.1 Å². The van der Waals surface area contributed by atoms with Gasteiger partial charge in [-0.05, 0) is 30.7 Å². The maximum atomic E-state index is 12.8. The molecule has 8 heteroatoms. The Morgan fingerprint density at radius 2 is 1.89 bits per heavy atom. The molecule has 0 aliphatic rings. The Morgan fingerprint density at radius 1 is 1.11 bits per heavy atom. The number of nitrogens with zero attached hydrogens (tertiary/aromatic N) is 3. The number of hydrogen-bond acceptors (Lipinski definition) is 5. The normalized spacial score (nSPS) is 9.89. The molecule has 0 atom stereocenters. The molecule has 1 amide bonds. The van der Waals surface area contributed by atoms with E-state index in [0.29, 0.717) is 26.1 Å². The molecular weight excluding hydrogens is 415 g/mol. The van der Waals surface area contributed by atoms with E-state index in [1.165, 1.54) is 11.3 Å². The molecule has 150 valence electrons. The van der Waals surface area contributed by atoms with Gasteiger partial charge in [0.2, 0.25) is 5.91 Å². The molecule has 2 heterocycles. The Labute approximate surface area is 181 Å². The summed E-state index contributed by atoms with van der Waals surface area (Å²) in [7, 11) is 0. The number of thiazole rings is 1. The number of carbonyl (C=O) groups is 1. The Morgan fingerprint density at radius 3 is 2.57 bits per heavy atom. The standard InChI is InChI=1S/C20H22N4OS.2ClH/c21-9-5-11-24(14-16-6-2-1-3-7-16)19(25)12-18-15-26-20(23-18)17-8-4-10-22-13-17;;/h1-4,6-8,10,13,15H,5,9,11-12,14,21H2;2*1H. The molecule has 2 aromatic heterocycles. The predicted molar refractivity (Wildman–Crippen MR) is 119 cm³/mol. The van der Waals surface area contributed by atoms with Crippen molar-refractivity contribution in [3.8, 4) is 10.6 Å². The number of rotatable bonds is 8. The van der Waals surface area contributed by atoms with Crippen LogP contribution in [0.2, 0.25) is 0 Å². The first-order chi connectivity index (χ1) is 12.8. The van der Waals surface area contributed by atoms with Gasteiger partial charge in [-0.25, -0.2) is 4.98 Å². The molecule has 3 aromatic rings. The third-order valence-electron chi connectivity index (χ3n) is 3.99. The number of halogens is 2. The van der Waals surface area contributed by atoms with Crippen LogP contribution in [0.5, 0.6) is 0 Å². The van der Waals surface area contributed by atoms with Crippen molar-refractivity contribution >= 4 is 42.1 Å². The number of aromatic nitrogens is 2. The Hall–Kier alpha value is -1.99. The molecule has 0 unspecified atom stereocenters. The molecule has 0 aliphatic carbocycles. The van der Waals surface area contributed by atoms with Gasteiger partial charge in [-0.3, -0.25) is 9.78 Å². The zero-order valence-corrected chi connectivity index (χ0v) is 17.8. The molecule has 0 saturated carbocycles. The summed E-state index contributed by atoms with van der Waals surface area (Å²) in [5.74, 6) is 0.0744. The van der Waals surface area contributed by atoms with Gasteiger partial charge in [-0.15, -0.1) is 36.2 Å². The van der Waals surface area contributed by atoms with Crippen LogP contribution in [0.3, 0.4) is 0 Å². The summed E-state index contributed by atoms with van der Waals surface area (Å²) in [6.45, 7) is 1.82. The van der Waals surface area contributed by atoms with Gasteiger partial charge in [0.15, 0.2) is 0 Å². The molecule has 3 rings (SSSR count). The third-order valence-corrected chi connectivity index (χ3v) is 4.93. The summed E-state index contributed by atoms with van der Waals surface area (Å²) in [5, 5.41) is 2.83. The molecule has 28 heavy (non-hydrogen) atoms. The Bertz CT molecular complexity index is 830. The number of amides is 1. The van der Waals surface area contributed by atoms with E-state index in [1.807, 2.05) is 52.7 Å². The second-order valence-electron chi connectivity index (χ2n) is 6.01. The van der Waals surface area contributed by atoms with Gasteiger partial charge in [0.25, 0.3) is 0 Å². The van der Waals surface area contributed by atoms with E-state index >= 15 is 0 Å². The summed E-state index contributed by atoms with van der Waals surface area (Å²) in [6.07, 6.45) is 4.61. The van der Waals surface area contributed by atoms with Crippen molar-refractivity contribution in [1.82, 2.24) is 14.9 Å². The van der Waals surface area contributed by atoms with Crippen LogP contribution in [0.1, 0.15) is 17.7 Å². The Balaban J connectivity index is 0.00000196. The summed E-state index contributed by atoms with van der Waals surface area (Å²) >= 11 is 1.54. The zero-order chi connectivity index (χ0) is 18.2. The summed E-state index contributed by atoms with van der Waals surface area (Å²) < 4.78 is 0. The van der Waals surface area contributed by atoms with E-state index in [4.69, 9.17) is 5.73 Å². The number of nitrogens with two attached hydrogens (primary N) is 1. The van der Waals surface area contributed by atoms with Crippen molar-refractivity contribution in [2.45, 2.75) is 19.4 Å². The number of benzene rings is 1. The smallest absolute Gasteiger partial charge is 0.228 e. The van der Waals surface area contributed by atoms with Gasteiger partial charge in [-0.2, -0.15) is 0 Å². The number of carbonyl (C=O) groups excluding carboxylic acids is 1. The van der Waals surface area contributed by atoms with Gasteiger partial charge in [0.1, 0.15) is 5.01 Å². The van der Waals surface area contributed by atoms with Crippen molar-refractivity contribution < 1.29 is 4.79 Å². The van der Waals surface area contributed by atoms with Crippen molar-refractivity contribution in [3.63, 3.8) is 0 Å². The largest absolute Gasteiger partial charge is 0.338 e. The number of hydrogen-bond donors (Lipinski definition) is 1. The fourth-order valence-electron chi connectivity index (χ4n) is 2.65. The molecular formula is C20H24Cl2N4OS. The predicted octanol–water partition coefficient (Wildman–Crippen LogP) is 3.97. The summed E-state index contributed by atoms with van der Waals surface area (Å²) in [6, 6.07) is 13.9. The van der Waals surface area contributed by atoms with Gasteiger partial charge in [0, 0.05) is 36.4 Å². The molecule has 0 saturated heterocycles. The lowest BCUT2D eigenvalue weighted by Gasteiger charge is -2.22. The minimum absolute atomic E-state index is 0. The SMILES string of the molecule is Cl.Cl.NCCCN(Cc1ccccc1)C(=O)Cc1csc(-c2cccnc2)n1. The van der Waals surface area contributed by atoms with E-state index < -0.39 is 0 Å². The molecule has 0 aliphatic heterocycles. The highest BCUT2D eigenvalue weighted by atomic mass is 35.5. The molecule has 5 nitrogen and oxygen atoms in total. The summed E-state index contributed by atoms with van der Waals surface area (Å²) in [5.41, 5.74) is 8.52. The first-order valence-electron chi connectivity index (χ1n) is 8.63. The van der Waals surface area contributed by atoms with Crippen LogP contribution in [0.25, 0.3) is 10.6 Å². The van der Waals surface area contributed by atoms with Gasteiger partial charge < -0.3 is 10.6 Å². The summed E-state index contributed by atoms with van der Waals surface area (Å²) in [4.78, 5) is 23.4. The minimum Gasteiger partial charge on any atom is -0.338 e. The second kappa shape index (κ2) is 12.5. The highest BCUT2D eigenvalue weighted by Crippen LogP contribution is 2.23. The first kappa shape index (κ1) is 24.0. The van der Waals surface area contributed by atoms with E-state index in [9.17, 15) is 4.79 Å². The number of pyridine rings is 1. The Kier molecular flexibility index (Phi) is 10.7. The fourth-order valence-corrected chi connectivity index (χ4v) is 3.47. The van der Waals surface area contributed by atoms with Gasteiger partial charge >= 0.3 is 0 Å². The molecule has 0 bridgehead atoms. The van der Waals surface area contributed by atoms with E-state index in [-0.39, 0.29) is 30.7 Å². The zero-order valence-electron chi connectivity index (χ0n) is 15.4. The minimum atomic E-state index is 0. The molecule has 0 fully saturated rings. The lowest BCUT2D eigenvalue weighted by atomic mass is 10.2. The lowest BCUT2D eigenvalue weighted by molar-refractivity contribution is -0.131. The maximum Gasteiger partial charge on any atom is 0.228 e. The van der Waals surface area contributed by atoms with Crippen molar-refractivity contribution in [3.05, 3.63) is 71.5 Å². The highest BCUT2D eigenvalue weighted by molar-refractivity contribution is 7.13. The molecule has 0 spiro atoms. The van der Waals surface area contributed by atoms with E-state index in [2.05, 4.69) is 9.97 Å². The second-order valence-corrected chi connectivity index (χ2v) is 6.86. The van der Waals surface area contributed by atoms with Crippen LogP contribution in [0.4, 0.5) is 0 Å². The topological polar surface area (TPSA) is 72.1 Å². The third kappa shape index (κ3) is 6.87. The van der Waals surface area contributed by atoms with Crippen LogP contribution < -0.4 is 5.73 Å². The first-order valence-corrected chi connectivity index (χ1v) is 9.51. The maximum absolute atomic E-state index is 12.8. The average molecular weight is 439 g/mol. The van der Waals surface area contributed by atoms with Crippen molar-refractivity contribution in [1.29, 1.82) is 0 Å². The van der Waals surface area contributed by atoms with Crippen molar-refractivity contribution in [2.24, 2.45) is 5.73 Å². The monoisotopic (exact) mass is 438 g/mol. The molecule has 2 N–H and O–H groups in total. The van der Waals surface area contributed by atoms with E-state index in [0.717, 1.165) is 28.2 Å². The lowest BCUT2D eigenvalue weighted by Crippen LogP contribution is -2.33. The average Bonchev–Trinajstić information content (AvgIpc) is 3.15. The van der Waals surface area contributed by atoms with Gasteiger partial charge in [0.05, 0.1) is 12.1 Å². The van der Waals surface area contributed by atoms with Crippen LogP contribution in [-0.4, -0.2) is 33.9 Å². The molecule has 1 aromatic carbocycles. The fraction of sp³-hybridized carbons (Fsp3) is 0.250. The quantitative estimate of drug-likeness (QED) is 0.577. The van der Waals surface area contributed by atoms with Crippen LogP contribution in [0.15, 0.2) is 60.2 Å². The van der Waals surface area contributed by atoms with Crippen LogP contribution in [0, 0.1) is 0 Å². The van der Waals surface area contributed by atoms with E-state index in [1.54, 1.807) is 12.4 Å². The van der Waals surface area contributed by atoms with Crippen LogP contribution in [-0.2, 0) is 17.8 Å². The van der Waals surface area contributed by atoms with Crippen LogP contribution >= 0.6 is 36.2 Å². The highest BCUT2D eigenvalue weighted by Gasteiger charge is 2.16.